The quantitative estimate of drug-likeness (QED) is 0.721. The predicted octanol–water partition coefficient (Wildman–Crippen LogP) is 1.30. The minimum absolute atomic E-state index is 0.0314. The molecular formula is C16H14N3O4S+. The minimum atomic E-state index is -4.07. The molecule has 1 aromatic carbocycles. The summed E-state index contributed by atoms with van der Waals surface area (Å²) in [7, 11) is -4.07. The van der Waals surface area contributed by atoms with Crippen LogP contribution in [0.1, 0.15) is 6.92 Å². The number of pyridine rings is 2. The molecule has 0 radical (unpaired) electrons. The standard InChI is InChI=1S/C16H13N3O4S/c1-12(20)18-14-7-8-15(13-6-5-9-17-16(13)14)24(21,22)23-19-10-3-2-4-11-19/h2-11H,1H3/p+1. The molecule has 0 unspecified atom stereocenters. The van der Waals surface area contributed by atoms with Gasteiger partial charge < -0.3 is 5.32 Å². The number of anilines is 1. The van der Waals surface area contributed by atoms with E-state index in [2.05, 4.69) is 10.3 Å². The molecule has 7 nitrogen and oxygen atoms in total. The molecule has 2 aromatic heterocycles. The molecule has 0 spiro atoms. The number of fused-ring (bicyclic) bond motifs is 1. The Balaban J connectivity index is 2.11. The van der Waals surface area contributed by atoms with Gasteiger partial charge in [-0.25, -0.2) is 0 Å². The molecule has 0 saturated carbocycles. The van der Waals surface area contributed by atoms with Crippen molar-refractivity contribution in [3.8, 4) is 0 Å². The lowest BCUT2D eigenvalue weighted by atomic mass is 10.2. The number of hydrogen-bond donors (Lipinski definition) is 1. The van der Waals surface area contributed by atoms with E-state index in [0.29, 0.717) is 16.6 Å². The Hall–Kier alpha value is -3.00. The van der Waals surface area contributed by atoms with Gasteiger partial charge in [0.1, 0.15) is 4.90 Å². The molecular weight excluding hydrogens is 330 g/mol. The zero-order chi connectivity index (χ0) is 17.2. The van der Waals surface area contributed by atoms with Crippen LogP contribution >= 0.6 is 0 Å². The average molecular weight is 344 g/mol. The fraction of sp³-hybridized carbons (Fsp3) is 0.0625. The molecule has 3 rings (SSSR count). The first-order valence-electron chi connectivity index (χ1n) is 7.04. The normalized spacial score (nSPS) is 11.2. The summed E-state index contributed by atoms with van der Waals surface area (Å²) in [5, 5.41) is 3.00. The minimum Gasteiger partial charge on any atom is -0.324 e. The zero-order valence-corrected chi connectivity index (χ0v) is 13.5. The van der Waals surface area contributed by atoms with Crippen LogP contribution in [0.3, 0.4) is 0 Å². The van der Waals surface area contributed by atoms with E-state index in [-0.39, 0.29) is 10.8 Å². The van der Waals surface area contributed by atoms with Gasteiger partial charge in [-0.05, 0) is 24.3 Å². The maximum atomic E-state index is 12.6. The third-order valence-electron chi connectivity index (χ3n) is 3.18. The van der Waals surface area contributed by atoms with Gasteiger partial charge in [-0.1, -0.05) is 6.07 Å². The summed E-state index contributed by atoms with van der Waals surface area (Å²) in [6.45, 7) is 1.37. The number of carbonyl (C=O) groups excluding carboxylic acids is 1. The predicted molar refractivity (Wildman–Crippen MR) is 86.4 cm³/mol. The van der Waals surface area contributed by atoms with Crippen molar-refractivity contribution in [1.82, 2.24) is 4.98 Å². The lowest BCUT2D eigenvalue weighted by molar-refractivity contribution is -0.856. The van der Waals surface area contributed by atoms with Gasteiger partial charge in [0.25, 0.3) is 0 Å². The molecule has 1 N–H and O–H groups in total. The van der Waals surface area contributed by atoms with E-state index >= 15 is 0 Å². The maximum absolute atomic E-state index is 12.6. The van der Waals surface area contributed by atoms with Crippen molar-refractivity contribution < 1.29 is 22.2 Å². The van der Waals surface area contributed by atoms with Crippen LogP contribution in [0.5, 0.6) is 0 Å². The Morgan fingerprint density at radius 3 is 2.58 bits per heavy atom. The van der Waals surface area contributed by atoms with Gasteiger partial charge in [-0.2, -0.15) is 8.42 Å². The van der Waals surface area contributed by atoms with Gasteiger partial charge in [-0.3, -0.25) is 9.78 Å². The summed E-state index contributed by atoms with van der Waals surface area (Å²) in [6, 6.07) is 11.1. The number of benzene rings is 1. The van der Waals surface area contributed by atoms with Gasteiger partial charge in [0.15, 0.2) is 0 Å². The summed E-state index contributed by atoms with van der Waals surface area (Å²) in [6.07, 6.45) is 4.48. The summed E-state index contributed by atoms with van der Waals surface area (Å²) in [5.41, 5.74) is 0.805. The van der Waals surface area contributed by atoms with Gasteiger partial charge >= 0.3 is 10.1 Å². The van der Waals surface area contributed by atoms with E-state index in [1.54, 1.807) is 30.3 Å². The molecule has 0 fully saturated rings. The van der Waals surface area contributed by atoms with Gasteiger partial charge in [0.05, 0.1) is 11.2 Å². The van der Waals surface area contributed by atoms with Crippen molar-refractivity contribution in [2.45, 2.75) is 11.8 Å². The summed E-state index contributed by atoms with van der Waals surface area (Å²) in [5.74, 6) is -0.270. The number of hydrogen-bond acceptors (Lipinski definition) is 5. The van der Waals surface area contributed by atoms with Gasteiger partial charge in [0.2, 0.25) is 18.3 Å². The number of nitrogens with one attached hydrogen (secondary N) is 1. The van der Waals surface area contributed by atoms with Crippen LogP contribution in [0.4, 0.5) is 5.69 Å². The fourth-order valence-electron chi connectivity index (χ4n) is 2.24. The molecule has 0 aliphatic carbocycles. The van der Waals surface area contributed by atoms with Crippen LogP contribution in [0.15, 0.2) is 66.0 Å². The highest BCUT2D eigenvalue weighted by Gasteiger charge is 2.25. The largest absolute Gasteiger partial charge is 0.396 e. The first kappa shape index (κ1) is 15.9. The molecule has 8 heteroatoms. The second kappa shape index (κ2) is 6.25. The third-order valence-corrected chi connectivity index (χ3v) is 4.45. The molecule has 0 aliphatic rings. The SMILES string of the molecule is CC(=O)Nc1ccc(S(=O)(=O)O[n+]2ccccc2)c2cccnc12. The fourth-order valence-corrected chi connectivity index (χ4v) is 3.32. The second-order valence-electron chi connectivity index (χ2n) is 4.96. The average Bonchev–Trinajstić information content (AvgIpc) is 2.55. The number of rotatable bonds is 4. The Morgan fingerprint density at radius 1 is 1.12 bits per heavy atom. The molecule has 1 amide bonds. The molecule has 122 valence electrons. The molecule has 0 bridgehead atoms. The van der Waals surface area contributed by atoms with Crippen molar-refractivity contribution in [1.29, 1.82) is 0 Å². The van der Waals surface area contributed by atoms with Gasteiger partial charge in [-0.15, -0.1) is 4.28 Å². The van der Waals surface area contributed by atoms with E-state index < -0.39 is 10.1 Å². The molecule has 2 heterocycles. The van der Waals surface area contributed by atoms with Crippen molar-refractivity contribution in [2.75, 3.05) is 5.32 Å². The van der Waals surface area contributed by atoms with Crippen LogP contribution in [0.2, 0.25) is 0 Å². The summed E-state index contributed by atoms with van der Waals surface area (Å²) < 4.78 is 31.4. The third kappa shape index (κ3) is 3.18. The highest BCUT2D eigenvalue weighted by atomic mass is 32.2. The van der Waals surface area contributed by atoms with Crippen LogP contribution in [0, 0.1) is 0 Å². The van der Waals surface area contributed by atoms with Crippen molar-refractivity contribution in [2.24, 2.45) is 0 Å². The zero-order valence-electron chi connectivity index (χ0n) is 12.7. The van der Waals surface area contributed by atoms with Crippen molar-refractivity contribution in [3.05, 3.63) is 61.1 Å². The Labute approximate surface area is 138 Å². The topological polar surface area (TPSA) is 89.2 Å². The number of aromatic nitrogens is 2. The maximum Gasteiger partial charge on any atom is 0.396 e. The van der Waals surface area contributed by atoms with E-state index in [0.717, 1.165) is 4.73 Å². The Kier molecular flexibility index (Phi) is 4.13. The summed E-state index contributed by atoms with van der Waals surface area (Å²) in [4.78, 5) is 15.4. The van der Waals surface area contributed by atoms with Crippen molar-refractivity contribution >= 4 is 32.6 Å². The van der Waals surface area contributed by atoms with Gasteiger partial charge in [0, 0.05) is 35.4 Å². The van der Waals surface area contributed by atoms with Crippen LogP contribution in [0.25, 0.3) is 10.9 Å². The lowest BCUT2D eigenvalue weighted by Gasteiger charge is -2.09. The smallest absolute Gasteiger partial charge is 0.324 e. The Morgan fingerprint density at radius 2 is 1.88 bits per heavy atom. The number of nitrogens with zero attached hydrogens (tertiary/aromatic N) is 2. The molecule has 24 heavy (non-hydrogen) atoms. The molecule has 0 saturated heterocycles. The first-order valence-corrected chi connectivity index (χ1v) is 8.45. The van der Waals surface area contributed by atoms with E-state index in [1.165, 1.54) is 37.6 Å². The monoisotopic (exact) mass is 344 g/mol. The van der Waals surface area contributed by atoms with Crippen LogP contribution in [-0.4, -0.2) is 19.3 Å². The first-order chi connectivity index (χ1) is 11.5. The van der Waals surface area contributed by atoms with Crippen LogP contribution < -0.4 is 14.3 Å². The molecule has 0 aliphatic heterocycles. The number of amides is 1. The highest BCUT2D eigenvalue weighted by molar-refractivity contribution is 7.87. The van der Waals surface area contributed by atoms with E-state index in [9.17, 15) is 13.2 Å². The molecule has 0 atom stereocenters. The molecule has 3 aromatic rings. The van der Waals surface area contributed by atoms with E-state index in [4.69, 9.17) is 4.28 Å². The van der Waals surface area contributed by atoms with Crippen molar-refractivity contribution in [3.63, 3.8) is 0 Å². The lowest BCUT2D eigenvalue weighted by Crippen LogP contribution is -2.44. The van der Waals surface area contributed by atoms with Crippen LogP contribution in [-0.2, 0) is 14.9 Å². The highest BCUT2D eigenvalue weighted by Crippen LogP contribution is 2.27. The Bertz CT molecular complexity index is 1000. The van der Waals surface area contributed by atoms with E-state index in [1.807, 2.05) is 0 Å². The summed E-state index contributed by atoms with van der Waals surface area (Å²) >= 11 is 0. The second-order valence-corrected chi connectivity index (χ2v) is 6.45. The number of carbonyl (C=O) groups is 1.